The highest BCUT2D eigenvalue weighted by Gasteiger charge is 2.25. The smallest absolute Gasteiger partial charge is 0.444 e. The zero-order valence-corrected chi connectivity index (χ0v) is 52.2. The van der Waals surface area contributed by atoms with Crippen LogP contribution in [0.1, 0.15) is 92.7 Å². The molecule has 2 amide bonds. The van der Waals surface area contributed by atoms with Crippen LogP contribution in [0.25, 0.3) is 17.1 Å². The summed E-state index contributed by atoms with van der Waals surface area (Å²) < 4.78 is 68.2. The lowest BCUT2D eigenvalue weighted by Crippen LogP contribution is -2.34. The third-order valence-electron chi connectivity index (χ3n) is 7.92. The summed E-state index contributed by atoms with van der Waals surface area (Å²) in [6.45, 7) is 21.9. The van der Waals surface area contributed by atoms with Crippen LogP contribution in [0.15, 0.2) is 92.2 Å². The number of nitrogens with zero attached hydrogens (tertiary/aromatic N) is 10. The second-order valence-electron chi connectivity index (χ2n) is 16.5. The molecule has 0 saturated heterocycles. The second kappa shape index (κ2) is 46.6. The van der Waals surface area contributed by atoms with Crippen LogP contribution in [-0.2, 0) is 14.3 Å². The first-order chi connectivity index (χ1) is 41.6. The molecule has 6 heterocycles. The standard InChI is InChI=1S/C14H17ClN4O2.C13H15ClN4O2.C9H9ClN4.C9H4.C8H6.C4H6.C2HF3O.C2H6.CH3F/c1-14(2,3)21-13(20)18(4)11-9-19(17-12(11)15)10-6-5-7-16-8-10;1-13(2,3)20-12(19)16-10-8-18(17-11(10)14)9-5-4-6-15-7-9;1-11-8-6-14(13-9(8)10)7-3-2-4-12-5-7;1-3-5-7-9-8-6-4-2;1-3-5-7-8-6-4-2;1-3-4-2;3-2(4,5)1-6;2*1-2/h5-9H,1-4H3;4-8H,1-3H3,(H,16,19);2-6,11H,1H3;1H,2H3;1-2H3;1-2H3;1H;1-2H3;1H3/i;;;;;;;2*1D. The van der Waals surface area contributed by atoms with Gasteiger partial charge in [0.1, 0.15) is 22.6 Å². The van der Waals surface area contributed by atoms with Gasteiger partial charge >= 0.3 is 18.4 Å². The van der Waals surface area contributed by atoms with E-state index in [-0.39, 0.29) is 10.3 Å². The molecular formula is C62H67Cl3F4N12O5. The van der Waals surface area contributed by atoms with Gasteiger partial charge in [0.25, 0.3) is 0 Å². The number of aldehydes is 1. The number of pyridine rings is 3. The van der Waals surface area contributed by atoms with Crippen LogP contribution in [0.3, 0.4) is 0 Å². The zero-order valence-electron chi connectivity index (χ0n) is 51.9. The molecular weight excluding hydrogens is 1180 g/mol. The van der Waals surface area contributed by atoms with Gasteiger partial charge in [-0.15, -0.1) is 18.3 Å². The highest BCUT2D eigenvalue weighted by molar-refractivity contribution is 6.33. The largest absolute Gasteiger partial charge is 0.446 e. The van der Waals surface area contributed by atoms with Gasteiger partial charge in [-0.1, -0.05) is 66.4 Å². The van der Waals surface area contributed by atoms with Crippen molar-refractivity contribution in [3.63, 3.8) is 0 Å². The molecule has 454 valence electrons. The maximum absolute atomic E-state index is 12.1. The minimum atomic E-state index is -4.64. The van der Waals surface area contributed by atoms with E-state index >= 15 is 0 Å². The molecule has 2 N–H and O–H groups in total. The van der Waals surface area contributed by atoms with Crippen molar-refractivity contribution in [1.82, 2.24) is 44.3 Å². The number of hydrogen-bond donors (Lipinski definition) is 2. The number of terminal acetylenes is 1. The van der Waals surface area contributed by atoms with Crippen molar-refractivity contribution in [3.8, 4) is 112 Å². The summed E-state index contributed by atoms with van der Waals surface area (Å²) in [5.74, 6) is 37.8. The Kier molecular flexibility index (Phi) is 41.3. The van der Waals surface area contributed by atoms with E-state index in [1.165, 1.54) is 9.58 Å². The number of halogens is 7. The molecule has 17 nitrogen and oxygen atoms in total. The Morgan fingerprint density at radius 2 is 0.988 bits per heavy atom. The Morgan fingerprint density at radius 1 is 0.640 bits per heavy atom. The van der Waals surface area contributed by atoms with Crippen LogP contribution in [0.4, 0.5) is 44.2 Å². The summed E-state index contributed by atoms with van der Waals surface area (Å²) in [6.07, 6.45) is 13.2. The van der Waals surface area contributed by atoms with Crippen molar-refractivity contribution in [2.45, 2.75) is 107 Å². The van der Waals surface area contributed by atoms with Crippen LogP contribution in [0.5, 0.6) is 0 Å². The molecule has 0 aliphatic rings. The van der Waals surface area contributed by atoms with Gasteiger partial charge in [-0.05, 0) is 172 Å². The number of hydrogen-bond acceptors (Lipinski definition) is 12. The molecule has 0 atom stereocenters. The number of ether oxygens (including phenoxy) is 2. The van der Waals surface area contributed by atoms with E-state index in [4.69, 9.17) is 58.2 Å². The number of aromatic nitrogens is 9. The maximum atomic E-state index is 12.1. The number of carbonyl (C=O) groups is 3. The molecule has 0 aromatic carbocycles. The molecule has 0 spiro atoms. The van der Waals surface area contributed by atoms with Gasteiger partial charge in [0, 0.05) is 34.1 Å². The zero-order chi connectivity index (χ0) is 67.6. The van der Waals surface area contributed by atoms with E-state index in [1.807, 2.05) is 44.3 Å². The van der Waals surface area contributed by atoms with E-state index in [2.05, 4.69) is 130 Å². The van der Waals surface area contributed by atoms with E-state index in [1.54, 1.807) is 154 Å². The average molecular weight is 1240 g/mol. The van der Waals surface area contributed by atoms with Crippen molar-refractivity contribution < 1.29 is 44.2 Å². The number of anilines is 3. The van der Waals surface area contributed by atoms with Crippen molar-refractivity contribution >= 4 is 70.3 Å². The summed E-state index contributed by atoms with van der Waals surface area (Å²) in [7, 11) is 2.39. The van der Waals surface area contributed by atoms with Gasteiger partial charge in [0.15, 0.2) is 15.5 Å². The Morgan fingerprint density at radius 3 is 1.30 bits per heavy atom. The van der Waals surface area contributed by atoms with Gasteiger partial charge in [0.2, 0.25) is 6.29 Å². The molecule has 0 fully saturated rings. The predicted molar refractivity (Wildman–Crippen MR) is 335 cm³/mol. The van der Waals surface area contributed by atoms with Gasteiger partial charge in [0.05, 0.1) is 68.5 Å². The van der Waals surface area contributed by atoms with Crippen LogP contribution < -0.4 is 15.5 Å². The molecule has 86 heavy (non-hydrogen) atoms. The Balaban J connectivity index is -0.000000997. The molecule has 24 heteroatoms. The lowest BCUT2D eigenvalue weighted by Gasteiger charge is -2.23. The molecule has 0 aliphatic heterocycles. The summed E-state index contributed by atoms with van der Waals surface area (Å²) in [5.41, 5.74) is 2.88. The maximum Gasteiger partial charge on any atom is 0.446 e. The van der Waals surface area contributed by atoms with E-state index < -0.39 is 43.0 Å². The van der Waals surface area contributed by atoms with E-state index in [9.17, 15) is 27.2 Å². The van der Waals surface area contributed by atoms with Crippen LogP contribution in [0, 0.1) is 95.2 Å². The first kappa shape index (κ1) is 76.2. The van der Waals surface area contributed by atoms with Crippen molar-refractivity contribution in [3.05, 3.63) is 108 Å². The third-order valence-corrected chi connectivity index (χ3v) is 8.75. The van der Waals surface area contributed by atoms with Crippen LogP contribution in [0.2, 0.25) is 15.5 Å². The number of nitrogens with one attached hydrogen (secondary N) is 2. The molecule has 0 unspecified atom stereocenters. The minimum absolute atomic E-state index is 0.180. The van der Waals surface area contributed by atoms with E-state index in [0.29, 0.717) is 23.4 Å². The lowest BCUT2D eigenvalue weighted by atomic mass is 10.2. The third kappa shape index (κ3) is 38.8. The quantitative estimate of drug-likeness (QED) is 0.0913. The summed E-state index contributed by atoms with van der Waals surface area (Å²) in [5, 5.41) is 18.8. The number of alkyl halides is 4. The molecule has 6 rings (SSSR count). The van der Waals surface area contributed by atoms with Crippen LogP contribution in [-0.4, -0.2) is 101 Å². The highest BCUT2D eigenvalue weighted by Crippen LogP contribution is 2.27. The molecule has 0 bridgehead atoms. The molecule has 0 radical (unpaired) electrons. The normalized spacial score (nSPS) is 9.12. The van der Waals surface area contributed by atoms with Crippen molar-refractivity contribution in [2.24, 2.45) is 0 Å². The molecule has 0 saturated carbocycles. The summed E-state index contributed by atoms with van der Waals surface area (Å²) in [6, 6.07) is 11.0. The van der Waals surface area contributed by atoms with Gasteiger partial charge in [-0.2, -0.15) is 28.5 Å². The average Bonchev–Trinajstić information content (AvgIpc) is 4.15. The van der Waals surface area contributed by atoms with Gasteiger partial charge < -0.3 is 14.8 Å². The Bertz CT molecular complexity index is 3490. The summed E-state index contributed by atoms with van der Waals surface area (Å²) in [4.78, 5) is 45.8. The van der Waals surface area contributed by atoms with Crippen molar-refractivity contribution in [2.75, 3.05) is 36.8 Å². The van der Waals surface area contributed by atoms with E-state index in [0.717, 1.165) is 22.7 Å². The second-order valence-corrected chi connectivity index (χ2v) is 17.6. The minimum Gasteiger partial charge on any atom is -0.444 e. The fourth-order valence-corrected chi connectivity index (χ4v) is 5.27. The predicted octanol–water partition coefficient (Wildman–Crippen LogP) is 13.6. The molecule has 6 aromatic heterocycles. The van der Waals surface area contributed by atoms with Gasteiger partial charge in [-0.3, -0.25) is 34.4 Å². The first-order valence-corrected chi connectivity index (χ1v) is 25.5. The molecule has 0 aliphatic carbocycles. The monoisotopic (exact) mass is 1240 g/mol. The summed E-state index contributed by atoms with van der Waals surface area (Å²) >= 11 is 18.0. The topological polar surface area (TPSA) is 189 Å². The SMILES string of the molecule is C#CC#CC#CC#CC.CC#CC.CC#CC#CC#CC.CC(C)(C)OC(=O)Nc1cn(-c2cccnc2)nc1Cl.CN(C(=O)OC(C)(C)C)c1cn(-c2cccnc2)nc1Cl.CNc1cn(-c2cccnc2)nc1Cl.O=CC(F)(F)F.[2H]CC.[2H]CF. The fraction of sp³-hybridized carbons (Fsp3) is 0.306. The Labute approximate surface area is 520 Å². The molecule has 6 aromatic rings. The first-order valence-electron chi connectivity index (χ1n) is 25.8. The fourth-order valence-electron chi connectivity index (χ4n) is 4.61. The lowest BCUT2D eigenvalue weighted by molar-refractivity contribution is -0.156. The highest BCUT2D eigenvalue weighted by atomic mass is 35.5. The van der Waals surface area contributed by atoms with Crippen molar-refractivity contribution in [1.29, 1.82) is 0 Å². The van der Waals surface area contributed by atoms with Gasteiger partial charge in [-0.25, -0.2) is 23.6 Å². The number of amides is 2. The van der Waals surface area contributed by atoms with Crippen LogP contribution >= 0.6 is 34.8 Å². The number of rotatable bonds is 6. The Hall–Kier alpha value is -9.84. The number of carbonyl (C=O) groups excluding carboxylic acids is 3.